The zero-order valence-corrected chi connectivity index (χ0v) is 13.6. The van der Waals surface area contributed by atoms with E-state index in [4.69, 9.17) is 0 Å². The third kappa shape index (κ3) is 3.02. The van der Waals surface area contributed by atoms with Crippen LogP contribution < -0.4 is 10.6 Å². The Morgan fingerprint density at radius 3 is 2.52 bits per heavy atom. The van der Waals surface area contributed by atoms with E-state index in [0.717, 1.165) is 24.3 Å². The molecule has 5 nitrogen and oxygen atoms in total. The van der Waals surface area contributed by atoms with Crippen LogP contribution in [0.1, 0.15) is 46.1 Å². The normalized spacial score (nSPS) is 21.6. The second-order valence-electron chi connectivity index (χ2n) is 7.59. The summed E-state index contributed by atoms with van der Waals surface area (Å²) in [4.78, 5) is 4.29. The van der Waals surface area contributed by atoms with E-state index >= 15 is 0 Å². The molecule has 1 saturated heterocycles. The topological polar surface area (TPSA) is 54.2 Å². The van der Waals surface area contributed by atoms with Gasteiger partial charge in [0.15, 0.2) is 5.65 Å². The number of anilines is 1. The van der Waals surface area contributed by atoms with Crippen molar-refractivity contribution in [2.24, 2.45) is 0 Å². The summed E-state index contributed by atoms with van der Waals surface area (Å²) < 4.78 is 1.88. The van der Waals surface area contributed by atoms with Gasteiger partial charge < -0.3 is 10.6 Å². The van der Waals surface area contributed by atoms with Crippen molar-refractivity contribution in [3.63, 3.8) is 0 Å². The van der Waals surface area contributed by atoms with Gasteiger partial charge in [0.25, 0.3) is 0 Å². The quantitative estimate of drug-likeness (QED) is 0.892. The number of nitrogens with zero attached hydrogens (tertiary/aromatic N) is 3. The highest BCUT2D eigenvalue weighted by Crippen LogP contribution is 2.30. The van der Waals surface area contributed by atoms with Crippen LogP contribution in [0.3, 0.4) is 0 Å². The number of aryl methyl sites for hydroxylation is 1. The van der Waals surface area contributed by atoms with E-state index in [2.05, 4.69) is 67.5 Å². The minimum atomic E-state index is 0.130. The van der Waals surface area contributed by atoms with Crippen LogP contribution in [0.25, 0.3) is 5.65 Å². The second kappa shape index (κ2) is 4.70. The minimum Gasteiger partial charge on any atom is -0.367 e. The van der Waals surface area contributed by atoms with Gasteiger partial charge in [0, 0.05) is 17.1 Å². The summed E-state index contributed by atoms with van der Waals surface area (Å²) in [5, 5.41) is 11.7. The lowest BCUT2D eigenvalue weighted by Crippen LogP contribution is -2.60. The molecule has 0 bridgehead atoms. The average Bonchev–Trinajstić information content (AvgIpc) is 2.71. The van der Waals surface area contributed by atoms with Crippen molar-refractivity contribution in [2.45, 2.75) is 64.6 Å². The summed E-state index contributed by atoms with van der Waals surface area (Å²) in [6.07, 6.45) is 3.78. The summed E-state index contributed by atoms with van der Waals surface area (Å²) in [7, 11) is 0. The molecule has 21 heavy (non-hydrogen) atoms. The molecular weight excluding hydrogens is 262 g/mol. The maximum atomic E-state index is 4.33. The van der Waals surface area contributed by atoms with Crippen molar-refractivity contribution in [3.05, 3.63) is 24.0 Å². The molecule has 114 valence electrons. The number of hydrogen-bond donors (Lipinski definition) is 2. The van der Waals surface area contributed by atoms with E-state index in [9.17, 15) is 0 Å². The molecule has 3 rings (SSSR count). The molecule has 0 radical (unpaired) electrons. The maximum Gasteiger partial charge on any atom is 0.157 e. The zero-order valence-electron chi connectivity index (χ0n) is 13.6. The van der Waals surface area contributed by atoms with Gasteiger partial charge in [-0.05, 0) is 65.2 Å². The first-order valence-electron chi connectivity index (χ1n) is 7.60. The van der Waals surface area contributed by atoms with Crippen LogP contribution in [0.2, 0.25) is 0 Å². The lowest BCUT2D eigenvalue weighted by Gasteiger charge is -2.46. The molecule has 2 aromatic rings. The van der Waals surface area contributed by atoms with Gasteiger partial charge in [-0.15, -0.1) is 0 Å². The molecule has 1 aliphatic heterocycles. The molecule has 0 amide bonds. The Bertz CT molecular complexity index is 640. The summed E-state index contributed by atoms with van der Waals surface area (Å²) in [6.45, 7) is 11.2. The molecule has 5 heteroatoms. The number of nitrogens with one attached hydrogen (secondary N) is 2. The molecule has 0 saturated carbocycles. The number of piperidine rings is 1. The highest BCUT2D eigenvalue weighted by atomic mass is 15.3. The van der Waals surface area contributed by atoms with Gasteiger partial charge in [-0.1, -0.05) is 0 Å². The third-order valence-corrected chi connectivity index (χ3v) is 4.07. The van der Waals surface area contributed by atoms with E-state index in [1.54, 1.807) is 6.33 Å². The largest absolute Gasteiger partial charge is 0.367 e. The van der Waals surface area contributed by atoms with Crippen LogP contribution in [0.4, 0.5) is 5.82 Å². The molecular formula is C16H25N5. The van der Waals surface area contributed by atoms with Crippen molar-refractivity contribution in [1.29, 1.82) is 0 Å². The van der Waals surface area contributed by atoms with E-state index in [1.165, 1.54) is 5.56 Å². The molecule has 2 N–H and O–H groups in total. The molecule has 0 spiro atoms. The number of aromatic nitrogens is 3. The van der Waals surface area contributed by atoms with Crippen LogP contribution in [0, 0.1) is 6.92 Å². The van der Waals surface area contributed by atoms with Crippen LogP contribution >= 0.6 is 0 Å². The SMILES string of the molecule is Cc1cc(NC2CC(C)(C)NC(C)(C)C2)n2ncnc2c1. The van der Waals surface area contributed by atoms with E-state index in [-0.39, 0.29) is 11.1 Å². The van der Waals surface area contributed by atoms with E-state index in [0.29, 0.717) is 6.04 Å². The maximum absolute atomic E-state index is 4.33. The molecule has 1 aliphatic rings. The highest BCUT2D eigenvalue weighted by molar-refractivity contribution is 5.51. The lowest BCUT2D eigenvalue weighted by atomic mass is 9.79. The summed E-state index contributed by atoms with van der Waals surface area (Å²) in [5.41, 5.74) is 2.35. The van der Waals surface area contributed by atoms with Gasteiger partial charge in [-0.2, -0.15) is 9.61 Å². The standard InChI is InChI=1S/C16H25N5/c1-11-6-13-17-10-18-21(13)14(7-11)19-12-8-15(2,3)20-16(4,5)9-12/h6-7,10,12,19-20H,8-9H2,1-5H3. The van der Waals surface area contributed by atoms with Gasteiger partial charge >= 0.3 is 0 Å². The zero-order chi connectivity index (χ0) is 15.3. The summed E-state index contributed by atoms with van der Waals surface area (Å²) in [5.74, 6) is 1.03. The summed E-state index contributed by atoms with van der Waals surface area (Å²) in [6, 6.07) is 4.61. The van der Waals surface area contributed by atoms with Crippen molar-refractivity contribution < 1.29 is 0 Å². The van der Waals surface area contributed by atoms with Crippen molar-refractivity contribution in [1.82, 2.24) is 19.9 Å². The van der Waals surface area contributed by atoms with Gasteiger partial charge in [-0.25, -0.2) is 4.98 Å². The first-order valence-corrected chi connectivity index (χ1v) is 7.60. The predicted molar refractivity (Wildman–Crippen MR) is 85.7 cm³/mol. The van der Waals surface area contributed by atoms with Crippen LogP contribution in [-0.4, -0.2) is 31.7 Å². The number of pyridine rings is 1. The van der Waals surface area contributed by atoms with Crippen LogP contribution in [0.5, 0.6) is 0 Å². The number of hydrogen-bond acceptors (Lipinski definition) is 4. The first kappa shape index (κ1) is 14.3. The fourth-order valence-corrected chi connectivity index (χ4v) is 3.79. The van der Waals surface area contributed by atoms with Crippen LogP contribution in [0.15, 0.2) is 18.5 Å². The predicted octanol–water partition coefficient (Wildman–Crippen LogP) is 2.76. The summed E-state index contributed by atoms with van der Waals surface area (Å²) >= 11 is 0. The Hall–Kier alpha value is -1.62. The number of rotatable bonds is 2. The average molecular weight is 287 g/mol. The molecule has 3 heterocycles. The van der Waals surface area contributed by atoms with Crippen molar-refractivity contribution >= 4 is 11.5 Å². The van der Waals surface area contributed by atoms with Gasteiger partial charge in [0.05, 0.1) is 0 Å². The fraction of sp³-hybridized carbons (Fsp3) is 0.625. The monoisotopic (exact) mass is 287 g/mol. The second-order valence-corrected chi connectivity index (χ2v) is 7.59. The Balaban J connectivity index is 1.89. The van der Waals surface area contributed by atoms with Crippen molar-refractivity contribution in [2.75, 3.05) is 5.32 Å². The first-order chi connectivity index (χ1) is 9.74. The number of fused-ring (bicyclic) bond motifs is 1. The molecule has 0 aliphatic carbocycles. The molecule has 0 aromatic carbocycles. The van der Waals surface area contributed by atoms with Gasteiger partial charge in [-0.3, -0.25) is 0 Å². The lowest BCUT2D eigenvalue weighted by molar-refractivity contribution is 0.170. The third-order valence-electron chi connectivity index (χ3n) is 4.07. The Morgan fingerprint density at radius 2 is 1.86 bits per heavy atom. The smallest absolute Gasteiger partial charge is 0.157 e. The highest BCUT2D eigenvalue weighted by Gasteiger charge is 2.37. The van der Waals surface area contributed by atoms with Gasteiger partial charge in [0.1, 0.15) is 12.1 Å². The van der Waals surface area contributed by atoms with Gasteiger partial charge in [0.2, 0.25) is 0 Å². The van der Waals surface area contributed by atoms with E-state index < -0.39 is 0 Å². The molecule has 0 atom stereocenters. The molecule has 0 unspecified atom stereocenters. The minimum absolute atomic E-state index is 0.130. The van der Waals surface area contributed by atoms with E-state index in [1.807, 2.05) is 4.52 Å². The molecule has 2 aromatic heterocycles. The fourth-order valence-electron chi connectivity index (χ4n) is 3.79. The Labute approximate surface area is 126 Å². The van der Waals surface area contributed by atoms with Crippen molar-refractivity contribution in [3.8, 4) is 0 Å². The van der Waals surface area contributed by atoms with Crippen LogP contribution in [-0.2, 0) is 0 Å². The Kier molecular flexibility index (Phi) is 3.20. The molecule has 1 fully saturated rings. The Morgan fingerprint density at radius 1 is 1.19 bits per heavy atom.